The van der Waals surface area contributed by atoms with Gasteiger partial charge in [0.25, 0.3) is 0 Å². The molecule has 1 heterocycles. The normalized spacial score (nSPS) is 12.7. The van der Waals surface area contributed by atoms with Gasteiger partial charge in [0.1, 0.15) is 0 Å². The number of nitrogens with zero attached hydrogens (tertiary/aromatic N) is 1. The van der Waals surface area contributed by atoms with Crippen molar-refractivity contribution >= 4 is 0 Å². The smallest absolute Gasteiger partial charge is 0.0697 e. The summed E-state index contributed by atoms with van der Waals surface area (Å²) in [4.78, 5) is 0. The maximum absolute atomic E-state index is 5.84. The quantitative estimate of drug-likeness (QED) is 0.756. The number of nitrogens with one attached hydrogen (secondary N) is 1. The van der Waals surface area contributed by atoms with E-state index in [4.69, 9.17) is 5.73 Å². The van der Waals surface area contributed by atoms with Gasteiger partial charge in [-0.25, -0.2) is 0 Å². The molecule has 0 fully saturated rings. The molecule has 0 saturated heterocycles. The number of benzene rings is 1. The third-order valence-corrected chi connectivity index (χ3v) is 2.22. The summed E-state index contributed by atoms with van der Waals surface area (Å²) in [5.74, 6) is 0. The zero-order chi connectivity index (χ0) is 9.97. The van der Waals surface area contributed by atoms with Gasteiger partial charge in [-0.2, -0.15) is 5.10 Å². The zero-order valence-electron chi connectivity index (χ0n) is 8.07. The second-order valence-corrected chi connectivity index (χ2v) is 3.36. The molecule has 1 aromatic heterocycles. The first-order chi connectivity index (χ1) is 6.79. The van der Waals surface area contributed by atoms with E-state index in [1.165, 1.54) is 0 Å². The highest BCUT2D eigenvalue weighted by atomic mass is 15.1. The van der Waals surface area contributed by atoms with Crippen LogP contribution in [0.4, 0.5) is 0 Å². The van der Waals surface area contributed by atoms with E-state index in [-0.39, 0.29) is 6.04 Å². The van der Waals surface area contributed by atoms with Crippen LogP contribution >= 0.6 is 0 Å². The Morgan fingerprint density at radius 3 is 2.64 bits per heavy atom. The number of aromatic nitrogens is 2. The number of hydrogen-bond donors (Lipinski definition) is 2. The van der Waals surface area contributed by atoms with Crippen molar-refractivity contribution in [3.05, 3.63) is 42.1 Å². The van der Waals surface area contributed by atoms with Crippen LogP contribution in [-0.2, 0) is 0 Å². The fraction of sp³-hybridized carbons (Fsp3) is 0.182. The molecule has 1 aromatic carbocycles. The third kappa shape index (κ3) is 1.54. The predicted octanol–water partition coefficient (Wildman–Crippen LogP) is 2.10. The second-order valence-electron chi connectivity index (χ2n) is 3.36. The summed E-state index contributed by atoms with van der Waals surface area (Å²) in [7, 11) is 0. The monoisotopic (exact) mass is 187 g/mol. The summed E-state index contributed by atoms with van der Waals surface area (Å²) >= 11 is 0. The Labute approximate surface area is 83.0 Å². The van der Waals surface area contributed by atoms with Crippen molar-refractivity contribution in [1.82, 2.24) is 10.2 Å². The van der Waals surface area contributed by atoms with E-state index in [1.807, 2.05) is 37.3 Å². The lowest BCUT2D eigenvalue weighted by Crippen LogP contribution is -2.04. The SMILES string of the molecule is C[C@@H](N)c1cn[nH]c1-c1ccccc1. The van der Waals surface area contributed by atoms with Gasteiger partial charge in [0.2, 0.25) is 0 Å². The zero-order valence-corrected chi connectivity index (χ0v) is 8.07. The van der Waals surface area contributed by atoms with Crippen LogP contribution in [0.1, 0.15) is 18.5 Å². The molecule has 0 saturated carbocycles. The van der Waals surface area contributed by atoms with E-state index in [0.29, 0.717) is 0 Å². The summed E-state index contributed by atoms with van der Waals surface area (Å²) in [6.07, 6.45) is 1.78. The van der Waals surface area contributed by atoms with E-state index in [9.17, 15) is 0 Å². The minimum absolute atomic E-state index is 0.00366. The lowest BCUT2D eigenvalue weighted by atomic mass is 10.0. The Hall–Kier alpha value is -1.61. The van der Waals surface area contributed by atoms with Gasteiger partial charge in [-0.1, -0.05) is 30.3 Å². The highest BCUT2D eigenvalue weighted by Gasteiger charge is 2.09. The fourth-order valence-corrected chi connectivity index (χ4v) is 1.48. The topological polar surface area (TPSA) is 54.7 Å². The van der Waals surface area contributed by atoms with E-state index in [1.54, 1.807) is 6.20 Å². The molecule has 3 N–H and O–H groups in total. The van der Waals surface area contributed by atoms with E-state index < -0.39 is 0 Å². The maximum atomic E-state index is 5.84. The Kier molecular flexibility index (Phi) is 2.33. The minimum atomic E-state index is 0.00366. The molecule has 0 spiro atoms. The van der Waals surface area contributed by atoms with Crippen molar-refractivity contribution in [1.29, 1.82) is 0 Å². The van der Waals surface area contributed by atoms with Crippen LogP contribution in [-0.4, -0.2) is 10.2 Å². The molecule has 0 radical (unpaired) electrons. The van der Waals surface area contributed by atoms with Crippen LogP contribution in [0.5, 0.6) is 0 Å². The fourth-order valence-electron chi connectivity index (χ4n) is 1.48. The van der Waals surface area contributed by atoms with Crippen LogP contribution in [0.2, 0.25) is 0 Å². The summed E-state index contributed by atoms with van der Waals surface area (Å²) in [6.45, 7) is 1.96. The highest BCUT2D eigenvalue weighted by Crippen LogP contribution is 2.23. The average Bonchev–Trinajstić information content (AvgIpc) is 2.67. The van der Waals surface area contributed by atoms with Crippen molar-refractivity contribution in [3.8, 4) is 11.3 Å². The van der Waals surface area contributed by atoms with Gasteiger partial charge in [0, 0.05) is 11.6 Å². The van der Waals surface area contributed by atoms with Crippen molar-refractivity contribution in [2.75, 3.05) is 0 Å². The summed E-state index contributed by atoms with van der Waals surface area (Å²) in [6, 6.07) is 10.1. The van der Waals surface area contributed by atoms with Crippen LogP contribution in [0.25, 0.3) is 11.3 Å². The minimum Gasteiger partial charge on any atom is -0.324 e. The number of hydrogen-bond acceptors (Lipinski definition) is 2. The standard InChI is InChI=1S/C11H13N3/c1-8(12)10-7-13-14-11(10)9-5-3-2-4-6-9/h2-8H,12H2,1H3,(H,13,14)/t8-/m1/s1. The van der Waals surface area contributed by atoms with Crippen LogP contribution in [0, 0.1) is 0 Å². The van der Waals surface area contributed by atoms with Crippen LogP contribution in [0.3, 0.4) is 0 Å². The molecular weight excluding hydrogens is 174 g/mol. The Morgan fingerprint density at radius 2 is 2.00 bits per heavy atom. The van der Waals surface area contributed by atoms with Gasteiger partial charge >= 0.3 is 0 Å². The van der Waals surface area contributed by atoms with Crippen LogP contribution < -0.4 is 5.73 Å². The molecular formula is C11H13N3. The molecule has 0 aliphatic heterocycles. The van der Waals surface area contributed by atoms with Gasteiger partial charge in [-0.15, -0.1) is 0 Å². The number of rotatable bonds is 2. The van der Waals surface area contributed by atoms with Gasteiger partial charge in [-0.3, -0.25) is 5.10 Å². The molecule has 72 valence electrons. The third-order valence-electron chi connectivity index (χ3n) is 2.22. The highest BCUT2D eigenvalue weighted by molar-refractivity contribution is 5.62. The molecule has 14 heavy (non-hydrogen) atoms. The molecule has 0 bridgehead atoms. The largest absolute Gasteiger partial charge is 0.324 e. The Morgan fingerprint density at radius 1 is 1.29 bits per heavy atom. The first kappa shape index (κ1) is 8.97. The van der Waals surface area contributed by atoms with Crippen molar-refractivity contribution in [2.24, 2.45) is 5.73 Å². The molecule has 0 aliphatic carbocycles. The molecule has 3 nitrogen and oxygen atoms in total. The summed E-state index contributed by atoms with van der Waals surface area (Å²) in [5, 5.41) is 6.99. The van der Waals surface area contributed by atoms with Gasteiger partial charge in [0.05, 0.1) is 11.9 Å². The molecule has 3 heteroatoms. The first-order valence-electron chi connectivity index (χ1n) is 4.63. The van der Waals surface area contributed by atoms with E-state index in [2.05, 4.69) is 10.2 Å². The number of H-pyrrole nitrogens is 1. The maximum Gasteiger partial charge on any atom is 0.0697 e. The van der Waals surface area contributed by atoms with Gasteiger partial charge < -0.3 is 5.73 Å². The molecule has 2 rings (SSSR count). The Balaban J connectivity index is 2.47. The van der Waals surface area contributed by atoms with Crippen LogP contribution in [0.15, 0.2) is 36.5 Å². The molecule has 2 aromatic rings. The van der Waals surface area contributed by atoms with E-state index >= 15 is 0 Å². The lowest BCUT2D eigenvalue weighted by molar-refractivity contribution is 0.821. The van der Waals surface area contributed by atoms with Gasteiger partial charge in [0.15, 0.2) is 0 Å². The lowest BCUT2D eigenvalue weighted by Gasteiger charge is -2.05. The van der Waals surface area contributed by atoms with Crippen molar-refractivity contribution < 1.29 is 0 Å². The molecule has 0 unspecified atom stereocenters. The Bertz CT molecular complexity index is 403. The summed E-state index contributed by atoms with van der Waals surface area (Å²) in [5.41, 5.74) is 9.03. The summed E-state index contributed by atoms with van der Waals surface area (Å²) < 4.78 is 0. The second kappa shape index (κ2) is 3.64. The molecule has 0 amide bonds. The van der Waals surface area contributed by atoms with Crippen molar-refractivity contribution in [3.63, 3.8) is 0 Å². The van der Waals surface area contributed by atoms with E-state index in [0.717, 1.165) is 16.8 Å². The molecule has 0 aliphatic rings. The van der Waals surface area contributed by atoms with Crippen molar-refractivity contribution in [2.45, 2.75) is 13.0 Å². The molecule has 1 atom stereocenters. The average molecular weight is 187 g/mol. The first-order valence-corrected chi connectivity index (χ1v) is 4.63. The van der Waals surface area contributed by atoms with Gasteiger partial charge in [-0.05, 0) is 12.5 Å². The number of aromatic amines is 1. The number of nitrogens with two attached hydrogens (primary N) is 1. The predicted molar refractivity (Wildman–Crippen MR) is 56.6 cm³/mol.